The van der Waals surface area contributed by atoms with Gasteiger partial charge in [-0.1, -0.05) is 0 Å². The van der Waals surface area contributed by atoms with E-state index in [9.17, 15) is 0 Å². The number of fused-ring (bicyclic) bond motifs is 4. The monoisotopic (exact) mass is 488 g/mol. The Morgan fingerprint density at radius 3 is 1.55 bits per heavy atom. The third-order valence-corrected chi connectivity index (χ3v) is 12.9. The third-order valence-electron chi connectivity index (χ3n) is 6.65. The van der Waals surface area contributed by atoms with E-state index in [-0.39, 0.29) is 9.49 Å². The molecular formula is C23H20S6. The van der Waals surface area contributed by atoms with E-state index in [1.807, 2.05) is 0 Å². The first-order valence-corrected chi connectivity index (χ1v) is 13.9. The quantitative estimate of drug-likeness (QED) is 0.406. The molecule has 2 aliphatic heterocycles. The molecule has 2 atom stereocenters. The number of thiol groups is 2. The van der Waals surface area contributed by atoms with Crippen molar-refractivity contribution in [3.8, 4) is 0 Å². The van der Waals surface area contributed by atoms with Crippen molar-refractivity contribution in [2.75, 3.05) is 0 Å². The van der Waals surface area contributed by atoms with E-state index >= 15 is 0 Å². The van der Waals surface area contributed by atoms with Gasteiger partial charge in [-0.3, -0.25) is 0 Å². The normalized spacial score (nSPS) is 30.5. The summed E-state index contributed by atoms with van der Waals surface area (Å²) in [4.78, 5) is 5.53. The van der Waals surface area contributed by atoms with Crippen LogP contribution in [0.15, 0.2) is 67.1 Å². The first-order valence-electron chi connectivity index (χ1n) is 9.76. The Hall–Kier alpha value is -0.240. The number of hydrogen-bond donors (Lipinski definition) is 2. The van der Waals surface area contributed by atoms with Crippen molar-refractivity contribution >= 4 is 81.3 Å². The highest BCUT2D eigenvalue weighted by atomic mass is 32.2. The highest BCUT2D eigenvalue weighted by Gasteiger charge is 2.59. The number of thiophene rings is 2. The van der Waals surface area contributed by atoms with Crippen LogP contribution in [0.2, 0.25) is 0 Å². The molecule has 1 saturated carbocycles. The Bertz CT molecular complexity index is 1090. The summed E-state index contributed by atoms with van der Waals surface area (Å²) in [6.07, 6.45) is 8.73. The van der Waals surface area contributed by atoms with Gasteiger partial charge in [0.25, 0.3) is 0 Å². The Kier molecular flexibility index (Phi) is 4.45. The van der Waals surface area contributed by atoms with Gasteiger partial charge in [-0.2, -0.15) is 0 Å². The molecule has 0 N–H and O–H groups in total. The van der Waals surface area contributed by atoms with Crippen LogP contribution >= 0.6 is 71.5 Å². The van der Waals surface area contributed by atoms with Crippen molar-refractivity contribution in [1.82, 2.24) is 0 Å². The smallest absolute Gasteiger partial charge is 0.0619 e. The molecular weight excluding hydrogens is 469 g/mol. The minimum absolute atomic E-state index is 0.0472. The van der Waals surface area contributed by atoms with Crippen molar-refractivity contribution < 1.29 is 0 Å². The van der Waals surface area contributed by atoms with Crippen LogP contribution < -0.4 is 0 Å². The van der Waals surface area contributed by atoms with E-state index in [4.69, 9.17) is 0 Å². The predicted molar refractivity (Wildman–Crippen MR) is 139 cm³/mol. The van der Waals surface area contributed by atoms with Crippen LogP contribution in [-0.2, 0) is 0 Å². The number of allylic oxidation sites excluding steroid dienone is 4. The fraction of sp³-hybridized carbons (Fsp3) is 0.304. The fourth-order valence-corrected chi connectivity index (χ4v) is 10.7. The summed E-state index contributed by atoms with van der Waals surface area (Å²) in [6.45, 7) is 4.96. The van der Waals surface area contributed by atoms with Crippen molar-refractivity contribution in [2.24, 2.45) is 0 Å². The van der Waals surface area contributed by atoms with E-state index in [2.05, 4.69) is 99.0 Å². The average Bonchev–Trinajstić information content (AvgIpc) is 3.44. The molecule has 2 aromatic heterocycles. The summed E-state index contributed by atoms with van der Waals surface area (Å²) in [7, 11) is 0. The standard InChI is InChI=1S/C23H20S6/c1-22-14(10-18(28-22)16-6-8-20(24)26-16)12-4-3-5-13(12)15-11-19(29-23(15,22)2)17-7-9-21(25)27-17/h6-11,24-25H,3-5H2,1-2H3. The minimum atomic E-state index is 0.0472. The lowest BCUT2D eigenvalue weighted by atomic mass is 9.72. The second kappa shape index (κ2) is 6.63. The molecule has 6 heteroatoms. The van der Waals surface area contributed by atoms with E-state index in [1.54, 1.807) is 45.0 Å². The molecule has 148 valence electrons. The van der Waals surface area contributed by atoms with E-state index in [0.29, 0.717) is 0 Å². The van der Waals surface area contributed by atoms with Crippen LogP contribution in [0.1, 0.15) is 42.9 Å². The Labute approximate surface area is 199 Å². The molecule has 0 spiro atoms. The van der Waals surface area contributed by atoms with Crippen molar-refractivity contribution in [3.63, 3.8) is 0 Å². The molecule has 29 heavy (non-hydrogen) atoms. The van der Waals surface area contributed by atoms with E-state index in [0.717, 1.165) is 8.42 Å². The number of hydrogen-bond acceptors (Lipinski definition) is 6. The van der Waals surface area contributed by atoms with Gasteiger partial charge in [0.05, 0.1) is 17.9 Å². The lowest BCUT2D eigenvalue weighted by Crippen LogP contribution is -2.47. The van der Waals surface area contributed by atoms with Crippen LogP contribution in [0.4, 0.5) is 0 Å². The zero-order valence-electron chi connectivity index (χ0n) is 16.1. The summed E-state index contributed by atoms with van der Waals surface area (Å²) in [5, 5.41) is 0. The first kappa shape index (κ1) is 19.4. The second-order valence-corrected chi connectivity index (χ2v) is 14.9. The zero-order chi connectivity index (χ0) is 20.0. The molecule has 2 unspecified atom stereocenters. The fourth-order valence-electron chi connectivity index (χ4n) is 5.11. The molecule has 0 amide bonds. The lowest BCUT2D eigenvalue weighted by molar-refractivity contribution is 0.607. The molecule has 4 heterocycles. The zero-order valence-corrected chi connectivity index (χ0v) is 21.2. The van der Waals surface area contributed by atoms with Crippen LogP contribution in [0.25, 0.3) is 9.81 Å². The third kappa shape index (κ3) is 2.69. The molecule has 2 aliphatic carbocycles. The van der Waals surface area contributed by atoms with E-state index < -0.39 is 0 Å². The molecule has 0 radical (unpaired) electrons. The molecule has 0 nitrogen and oxygen atoms in total. The highest BCUT2D eigenvalue weighted by molar-refractivity contribution is 8.14. The summed E-state index contributed by atoms with van der Waals surface area (Å²) in [6, 6.07) is 8.70. The Morgan fingerprint density at radius 1 is 0.724 bits per heavy atom. The molecule has 0 saturated heterocycles. The summed E-state index contributed by atoms with van der Waals surface area (Å²) < 4.78 is 2.27. The summed E-state index contributed by atoms with van der Waals surface area (Å²) >= 11 is 16.8. The highest BCUT2D eigenvalue weighted by Crippen LogP contribution is 2.70. The molecule has 2 aromatic rings. The van der Waals surface area contributed by atoms with Gasteiger partial charge in [-0.05, 0) is 91.8 Å². The largest absolute Gasteiger partial charge is 0.133 e. The lowest BCUT2D eigenvalue weighted by Gasteiger charge is -2.47. The van der Waals surface area contributed by atoms with Crippen LogP contribution in [0.5, 0.6) is 0 Å². The molecule has 0 bridgehead atoms. The van der Waals surface area contributed by atoms with Crippen LogP contribution in [-0.4, -0.2) is 9.49 Å². The van der Waals surface area contributed by atoms with Crippen LogP contribution in [0.3, 0.4) is 0 Å². The van der Waals surface area contributed by atoms with Gasteiger partial charge in [0.1, 0.15) is 0 Å². The van der Waals surface area contributed by atoms with Crippen molar-refractivity contribution in [1.29, 1.82) is 0 Å². The maximum absolute atomic E-state index is 4.56. The van der Waals surface area contributed by atoms with Crippen molar-refractivity contribution in [3.05, 3.63) is 68.5 Å². The maximum atomic E-state index is 4.56. The average molecular weight is 489 g/mol. The molecule has 1 fully saturated rings. The maximum Gasteiger partial charge on any atom is 0.0619 e. The predicted octanol–water partition coefficient (Wildman–Crippen LogP) is 8.57. The SMILES string of the molecule is CC12SC(c3ccc(S)s3)=CC1=C1CCCC1=C1C=C(c3ccc(S)s3)SC12C. The van der Waals surface area contributed by atoms with Gasteiger partial charge < -0.3 is 0 Å². The van der Waals surface area contributed by atoms with Crippen molar-refractivity contribution in [2.45, 2.75) is 51.0 Å². The van der Waals surface area contributed by atoms with Gasteiger partial charge in [0, 0.05) is 19.6 Å². The molecule has 4 aliphatic rings. The Morgan fingerprint density at radius 2 is 1.17 bits per heavy atom. The molecule has 6 rings (SSSR count). The second-order valence-electron chi connectivity index (χ2n) is 8.20. The Balaban J connectivity index is 1.51. The number of rotatable bonds is 2. The van der Waals surface area contributed by atoms with Gasteiger partial charge in [-0.15, -0.1) is 71.5 Å². The van der Waals surface area contributed by atoms with Gasteiger partial charge in [0.2, 0.25) is 0 Å². The number of thioether (sulfide) groups is 2. The molecule has 0 aromatic carbocycles. The van der Waals surface area contributed by atoms with Crippen LogP contribution in [0, 0.1) is 0 Å². The first-order chi connectivity index (χ1) is 13.9. The van der Waals surface area contributed by atoms with E-state index in [1.165, 1.54) is 38.8 Å². The topological polar surface area (TPSA) is 0 Å². The summed E-state index contributed by atoms with van der Waals surface area (Å²) in [5.74, 6) is 0. The van der Waals surface area contributed by atoms with Gasteiger partial charge in [0.15, 0.2) is 0 Å². The summed E-state index contributed by atoms with van der Waals surface area (Å²) in [5.41, 5.74) is 6.41. The van der Waals surface area contributed by atoms with Gasteiger partial charge >= 0.3 is 0 Å². The minimum Gasteiger partial charge on any atom is -0.133 e. The van der Waals surface area contributed by atoms with Gasteiger partial charge in [-0.25, -0.2) is 0 Å².